The molecule has 8 unspecified atom stereocenters. The minimum Gasteiger partial charge on any atom is -0.487 e. The van der Waals surface area contributed by atoms with E-state index in [1.54, 1.807) is 0 Å². The Labute approximate surface area is 778 Å². The van der Waals surface area contributed by atoms with Gasteiger partial charge in [-0.3, -0.25) is 4.79 Å². The molecule has 6 aliphatic heterocycles. The monoisotopic (exact) mass is 2110 g/mol. The number of aryl methyl sites for hydroxylation is 3. The summed E-state index contributed by atoms with van der Waals surface area (Å²) in [4.78, 5) is 43.8. The number of esters is 1. The van der Waals surface area contributed by atoms with Gasteiger partial charge in [0.05, 0.1) is 43.7 Å². The highest BCUT2D eigenvalue weighted by Crippen LogP contribution is 3.21. The summed E-state index contributed by atoms with van der Waals surface area (Å²) in [6, 6.07) is 7.90. The predicted molar refractivity (Wildman–Crippen MR) is 540 cm³/mol. The second-order valence-electron chi connectivity index (χ2n) is 32.3. The molecule has 9 heterocycles. The Morgan fingerprint density at radius 3 is 0.812 bits per heavy atom. The first-order valence-electron chi connectivity index (χ1n) is 43.1. The van der Waals surface area contributed by atoms with E-state index in [0.29, 0.717) is 99.2 Å². The maximum Gasteiger partial charge on any atom is 0.302 e. The number of rotatable bonds is 36. The normalized spacial score (nSPS) is 17.6. The summed E-state index contributed by atoms with van der Waals surface area (Å²) in [7, 11) is 14.0. The summed E-state index contributed by atoms with van der Waals surface area (Å²) in [6.07, 6.45) is 22.1. The third-order valence-corrected chi connectivity index (χ3v) is 108. The molecule has 0 bridgehead atoms. The summed E-state index contributed by atoms with van der Waals surface area (Å²) < 4.78 is 190. The van der Waals surface area contributed by atoms with Gasteiger partial charge in [0.15, 0.2) is 52.2 Å². The Balaban J connectivity index is 0.000000202. The van der Waals surface area contributed by atoms with Crippen molar-refractivity contribution in [2.45, 2.75) is 161 Å². The zero-order chi connectivity index (χ0) is 93.0. The molecule has 3 aromatic heterocycles. The van der Waals surface area contributed by atoms with Crippen molar-refractivity contribution < 1.29 is 85.6 Å². The zero-order valence-corrected chi connectivity index (χ0v) is 90.1. The lowest BCUT2D eigenvalue weighted by atomic mass is 9.90. The predicted octanol–water partition coefficient (Wildman–Crippen LogP) is 18.9. The number of halogens is 6. The van der Waals surface area contributed by atoms with Crippen molar-refractivity contribution >= 4 is 167 Å². The van der Waals surface area contributed by atoms with Gasteiger partial charge in [0, 0.05) is 136 Å². The van der Waals surface area contributed by atoms with Crippen molar-refractivity contribution in [3.8, 4) is 17.2 Å². The first kappa shape index (κ1) is 110. The molecule has 6 fully saturated rings. The molecule has 128 heavy (non-hydrogen) atoms. The molecule has 6 saturated heterocycles. The van der Waals surface area contributed by atoms with E-state index in [1.165, 1.54) is 56.2 Å². The van der Waals surface area contributed by atoms with Gasteiger partial charge in [-0.2, -0.15) is 0 Å². The molecule has 6 aromatic rings. The van der Waals surface area contributed by atoms with E-state index >= 15 is 0 Å². The van der Waals surface area contributed by atoms with Crippen LogP contribution in [-0.2, 0) is 58.9 Å². The van der Waals surface area contributed by atoms with Crippen LogP contribution in [0.3, 0.4) is 0 Å². The lowest BCUT2D eigenvalue weighted by Crippen LogP contribution is -2.39. The molecule has 48 heteroatoms. The van der Waals surface area contributed by atoms with E-state index in [4.69, 9.17) is 29.2 Å². The molecule has 0 saturated carbocycles. The number of benzene rings is 3. The van der Waals surface area contributed by atoms with Crippen LogP contribution in [0.5, 0.6) is 17.2 Å². The molecule has 0 aliphatic carbocycles. The van der Waals surface area contributed by atoms with Crippen LogP contribution in [-0.4, -0.2) is 220 Å². The van der Waals surface area contributed by atoms with Crippen LogP contribution in [0.4, 0.5) is 44.2 Å². The fourth-order valence-electron chi connectivity index (χ4n) is 15.8. The molecule has 714 valence electrons. The smallest absolute Gasteiger partial charge is 0.302 e. The third-order valence-electron chi connectivity index (χ3n) is 23.4. The van der Waals surface area contributed by atoms with Gasteiger partial charge in [-0.1, -0.05) is 20.8 Å². The minimum absolute atomic E-state index is 0.0552. The van der Waals surface area contributed by atoms with Crippen molar-refractivity contribution in [2.75, 3.05) is 150 Å². The Morgan fingerprint density at radius 2 is 0.609 bits per heavy atom. The number of carbonyl (C=O) groups excluding carboxylic acids is 1. The van der Waals surface area contributed by atoms with E-state index in [0.717, 1.165) is 114 Å². The topological polar surface area (TPSA) is 294 Å². The maximum absolute atomic E-state index is 14.9. The number of sulfonamides is 3. The van der Waals surface area contributed by atoms with E-state index in [1.807, 2.05) is 37.2 Å². The van der Waals surface area contributed by atoms with Crippen molar-refractivity contribution in [3.05, 3.63) is 142 Å². The summed E-state index contributed by atoms with van der Waals surface area (Å²) in [6.45, 7) is 14.9. The fourth-order valence-corrected chi connectivity index (χ4v) is 167. The molecular weight excluding hydrogens is 1980 g/mol. The summed E-state index contributed by atoms with van der Waals surface area (Å²) >= 11 is 0. The first-order valence-corrected chi connectivity index (χ1v) is 72.5. The van der Waals surface area contributed by atoms with E-state index in [2.05, 4.69) is 137 Å². The highest BCUT2D eigenvalue weighted by Gasteiger charge is 2.37. The van der Waals surface area contributed by atoms with Crippen LogP contribution >= 0.6 is 113 Å². The Bertz CT molecular complexity index is 4510. The number of aliphatic hydroxyl groups excluding tert-OH is 2. The second kappa shape index (κ2) is 54.7. The number of anilines is 3. The Hall–Kier alpha value is -1.58. The van der Waals surface area contributed by atoms with Crippen molar-refractivity contribution in [2.24, 2.45) is 17.8 Å². The van der Waals surface area contributed by atoms with Gasteiger partial charge in [0.25, 0.3) is 0 Å². The van der Waals surface area contributed by atoms with E-state index in [9.17, 15) is 56.4 Å². The molecule has 25 nitrogen and oxygen atoms in total. The maximum atomic E-state index is 14.9. The molecule has 0 amide bonds. The summed E-state index contributed by atoms with van der Waals surface area (Å²) in [5.74, 6) is -3.95. The molecule has 2 N–H and O–H groups in total. The van der Waals surface area contributed by atoms with Crippen LogP contribution in [0.1, 0.15) is 175 Å². The quantitative estimate of drug-likeness (QED) is 0.0160. The van der Waals surface area contributed by atoms with Crippen molar-refractivity contribution in [1.29, 1.82) is 0 Å². The lowest BCUT2D eigenvalue weighted by molar-refractivity contribution is -0.140. The number of aliphatic hydroxyl groups is 2. The zero-order valence-electron chi connectivity index (χ0n) is 73.0. The summed E-state index contributed by atoms with van der Waals surface area (Å²) in [5.41, 5.74) is 4.83. The highest BCUT2D eigenvalue weighted by molar-refractivity contribution is 9.27. The molecule has 6 aliphatic rings. The lowest BCUT2D eigenvalue weighted by Gasteiger charge is -2.37. The molecule has 0 radical (unpaired) electrons. The molecular formula is C80H126F6N12O13P14S3. The third kappa shape index (κ3) is 33.6. The highest BCUT2D eigenvalue weighted by atomic mass is 33.3. The standard InChI is InChI=1S/C28H38F2N4O5S.2C26H36F2N4O4S.H16P14/c1-3-21-17-31-28(32-18-21)33-9-5-22(6-10-33)19-39-27-25(29)15-24(16-26(27)30)23-7-11-34(12-8-23)40(36,37)14-4-13-38-20(2)35;2*1-2-19-16-29-26(30-17-19)31-8-4-20(5-9-31)18-36-25-23(27)14-22(15-24(25)28)21-6-10-32(11-7-21)37(34,35)13-3-12-33;1-9(2)13(10(3)4)14(11(5)6)12(7)8/h15-18,22-23H,3-14,19H2,1-2H3;2*14-17,20-21,33H,2-13,18H2,1H3;1-8H2. The molecule has 12 rings (SSSR count). The average molecular weight is 2110 g/mol. The van der Waals surface area contributed by atoms with Gasteiger partial charge in [-0.05, 0) is 263 Å². The van der Waals surface area contributed by atoms with Crippen molar-refractivity contribution in [1.82, 2.24) is 42.8 Å². The van der Waals surface area contributed by atoms with Gasteiger partial charge in [-0.25, -0.2) is 94.4 Å². The number of aromatic nitrogens is 6. The van der Waals surface area contributed by atoms with Crippen LogP contribution in [0.25, 0.3) is 0 Å². The minimum atomic E-state index is -3.49. The molecule has 8 atom stereocenters. The fraction of sp³-hybridized carbons (Fsp3) is 0.613. The van der Waals surface area contributed by atoms with Crippen LogP contribution in [0.2, 0.25) is 0 Å². The second-order valence-corrected chi connectivity index (χ2v) is 92.0. The van der Waals surface area contributed by atoms with E-state index < -0.39 is 70.9 Å². The Kier molecular flexibility index (Phi) is 47.0. The first-order chi connectivity index (χ1) is 61.0. The van der Waals surface area contributed by atoms with Crippen LogP contribution in [0.15, 0.2) is 73.6 Å². The van der Waals surface area contributed by atoms with Gasteiger partial charge in [0.2, 0.25) is 47.9 Å². The van der Waals surface area contributed by atoms with Gasteiger partial charge >= 0.3 is 5.97 Å². The largest absolute Gasteiger partial charge is 0.487 e. The van der Waals surface area contributed by atoms with Gasteiger partial charge in [0.1, 0.15) is 0 Å². The van der Waals surface area contributed by atoms with Crippen molar-refractivity contribution in [3.63, 3.8) is 0 Å². The average Bonchev–Trinajstić information content (AvgIpc) is 0.806. The van der Waals surface area contributed by atoms with Crippen LogP contribution < -0.4 is 28.9 Å². The number of piperidine rings is 6. The van der Waals surface area contributed by atoms with Gasteiger partial charge in [-0.15, -0.1) is 71.4 Å². The number of hydrogen-bond acceptors (Lipinski definition) is 22. The Morgan fingerprint density at radius 1 is 0.383 bits per heavy atom. The number of nitrogens with zero attached hydrogens (tertiary/aromatic N) is 12. The SMILES string of the molecule is CCc1cnc(N2CCC(COc3c(F)cc(C4CCN(S(=O)(=O)CCCO)CC4)cc3F)CC2)nc1.CCc1cnc(N2CCC(COc3c(F)cc(C4CCN(S(=O)(=O)CCCO)CC4)cc3F)CC2)nc1.CCc1cnc(N2CCC(COc3c(F)cc(C4CCN(S(=O)(=O)CCCOC(C)=O)CC4)cc3F)CC2)nc1.PP(P)P(P(P)P)P(P(P)P)P(P)P. The van der Waals surface area contributed by atoms with Crippen LogP contribution in [0, 0.1) is 52.7 Å². The number of carbonyl (C=O) groups is 1. The van der Waals surface area contributed by atoms with Gasteiger partial charge < -0.3 is 43.9 Å². The number of ether oxygens (including phenoxy) is 4. The summed E-state index contributed by atoms with van der Waals surface area (Å²) in [5, 5.41) is 17.8. The molecule has 3 aromatic carbocycles. The number of hydrogen-bond donors (Lipinski definition) is 2. The molecule has 0 spiro atoms. The van der Waals surface area contributed by atoms with E-state index in [-0.39, 0.29) is 184 Å².